The molecule has 0 atom stereocenters. The molecule has 0 saturated carbocycles. The van der Waals surface area contributed by atoms with Gasteiger partial charge in [0.25, 0.3) is 0 Å². The van der Waals surface area contributed by atoms with Gasteiger partial charge in [0, 0.05) is 11.4 Å². The maximum absolute atomic E-state index is 5.94. The first-order chi connectivity index (χ1) is 14.3. The van der Waals surface area contributed by atoms with Gasteiger partial charge in [-0.25, -0.2) is 0 Å². The number of thioether (sulfide) groups is 1. The fraction of sp³-hybridized carbons (Fsp3) is 0.130. The quantitative estimate of drug-likeness (QED) is 0.381. The SMILES string of the molecule is COc1ccc(OCc2nnc(SCc3ccccc3)n2-c2ccccc2)cc1. The van der Waals surface area contributed by atoms with Gasteiger partial charge in [-0.2, -0.15) is 0 Å². The summed E-state index contributed by atoms with van der Waals surface area (Å²) in [5, 5.41) is 9.66. The van der Waals surface area contributed by atoms with E-state index in [1.54, 1.807) is 18.9 Å². The lowest BCUT2D eigenvalue weighted by Crippen LogP contribution is -2.06. The number of benzene rings is 3. The van der Waals surface area contributed by atoms with Gasteiger partial charge >= 0.3 is 0 Å². The third-order valence-electron chi connectivity index (χ3n) is 4.35. The van der Waals surface area contributed by atoms with Crippen molar-refractivity contribution in [2.24, 2.45) is 0 Å². The Balaban J connectivity index is 1.55. The van der Waals surface area contributed by atoms with Crippen LogP contribution in [0.5, 0.6) is 11.5 Å². The van der Waals surface area contributed by atoms with E-state index in [0.29, 0.717) is 6.61 Å². The van der Waals surface area contributed by atoms with Crippen molar-refractivity contribution < 1.29 is 9.47 Å². The van der Waals surface area contributed by atoms with E-state index in [0.717, 1.165) is 33.9 Å². The molecule has 29 heavy (non-hydrogen) atoms. The highest BCUT2D eigenvalue weighted by Crippen LogP contribution is 2.26. The number of nitrogens with zero attached hydrogens (tertiary/aromatic N) is 3. The molecule has 0 unspecified atom stereocenters. The van der Waals surface area contributed by atoms with E-state index < -0.39 is 0 Å². The summed E-state index contributed by atoms with van der Waals surface area (Å²) in [4.78, 5) is 0. The van der Waals surface area contributed by atoms with Crippen molar-refractivity contribution in [1.82, 2.24) is 14.8 Å². The molecule has 0 saturated heterocycles. The van der Waals surface area contributed by atoms with Gasteiger partial charge in [0.05, 0.1) is 7.11 Å². The molecule has 1 heterocycles. The second-order valence-corrected chi connectivity index (χ2v) is 7.25. The molecule has 0 bridgehead atoms. The van der Waals surface area contributed by atoms with Crippen molar-refractivity contribution >= 4 is 11.8 Å². The van der Waals surface area contributed by atoms with Crippen molar-refractivity contribution in [3.63, 3.8) is 0 Å². The number of aromatic nitrogens is 3. The molecule has 4 rings (SSSR count). The summed E-state index contributed by atoms with van der Waals surface area (Å²) in [7, 11) is 1.65. The molecule has 6 heteroatoms. The zero-order chi connectivity index (χ0) is 19.9. The van der Waals surface area contributed by atoms with Crippen LogP contribution in [0.3, 0.4) is 0 Å². The van der Waals surface area contributed by atoms with E-state index in [-0.39, 0.29) is 0 Å². The molecule has 0 aliphatic heterocycles. The maximum Gasteiger partial charge on any atom is 0.196 e. The summed E-state index contributed by atoms with van der Waals surface area (Å²) in [5.74, 6) is 3.13. The summed E-state index contributed by atoms with van der Waals surface area (Å²) in [6.45, 7) is 0.320. The molecule has 3 aromatic carbocycles. The van der Waals surface area contributed by atoms with Gasteiger partial charge in [0.1, 0.15) is 18.1 Å². The average molecular weight is 404 g/mol. The van der Waals surface area contributed by atoms with E-state index in [1.807, 2.05) is 72.8 Å². The first-order valence-electron chi connectivity index (χ1n) is 9.27. The minimum atomic E-state index is 0.320. The van der Waals surface area contributed by atoms with Gasteiger partial charge < -0.3 is 9.47 Å². The molecule has 4 aromatic rings. The molecule has 0 amide bonds. The number of hydrogen-bond donors (Lipinski definition) is 0. The Morgan fingerprint density at radius 2 is 1.45 bits per heavy atom. The molecule has 0 aliphatic carbocycles. The summed E-state index contributed by atoms with van der Waals surface area (Å²) >= 11 is 1.66. The number of methoxy groups -OCH3 is 1. The Kier molecular flexibility index (Phi) is 6.12. The molecule has 146 valence electrons. The van der Waals surface area contributed by atoms with E-state index in [1.165, 1.54) is 5.56 Å². The minimum absolute atomic E-state index is 0.320. The van der Waals surface area contributed by atoms with Crippen LogP contribution in [0.1, 0.15) is 11.4 Å². The molecular formula is C23H21N3O2S. The van der Waals surface area contributed by atoms with Crippen LogP contribution in [0.25, 0.3) is 5.69 Å². The van der Waals surface area contributed by atoms with Crippen molar-refractivity contribution in [1.29, 1.82) is 0 Å². The Hall–Kier alpha value is -3.25. The molecule has 0 spiro atoms. The molecule has 0 N–H and O–H groups in total. The smallest absolute Gasteiger partial charge is 0.196 e. The zero-order valence-corrected chi connectivity index (χ0v) is 16.9. The number of rotatable bonds is 8. The van der Waals surface area contributed by atoms with Gasteiger partial charge in [-0.15, -0.1) is 10.2 Å². The molecule has 0 fully saturated rings. The zero-order valence-electron chi connectivity index (χ0n) is 16.1. The number of ether oxygens (including phenoxy) is 2. The third-order valence-corrected chi connectivity index (χ3v) is 5.35. The fourth-order valence-electron chi connectivity index (χ4n) is 2.87. The second-order valence-electron chi connectivity index (χ2n) is 6.31. The van der Waals surface area contributed by atoms with E-state index in [4.69, 9.17) is 9.47 Å². The molecule has 0 aliphatic rings. The van der Waals surface area contributed by atoms with Crippen LogP contribution < -0.4 is 9.47 Å². The maximum atomic E-state index is 5.94. The highest BCUT2D eigenvalue weighted by molar-refractivity contribution is 7.98. The predicted octanol–water partition coefficient (Wildman–Crippen LogP) is 5.15. The second kappa shape index (κ2) is 9.30. The van der Waals surface area contributed by atoms with E-state index >= 15 is 0 Å². The highest BCUT2D eigenvalue weighted by atomic mass is 32.2. The number of hydrogen-bond acceptors (Lipinski definition) is 5. The lowest BCUT2D eigenvalue weighted by Gasteiger charge is -2.11. The van der Waals surface area contributed by atoms with Crippen molar-refractivity contribution in [3.8, 4) is 17.2 Å². The van der Waals surface area contributed by atoms with Crippen LogP contribution in [0.4, 0.5) is 0 Å². The first-order valence-corrected chi connectivity index (χ1v) is 10.3. The molecular weight excluding hydrogens is 382 g/mol. The van der Waals surface area contributed by atoms with Crippen molar-refractivity contribution in [3.05, 3.63) is 96.3 Å². The molecule has 0 radical (unpaired) electrons. The minimum Gasteiger partial charge on any atom is -0.497 e. The molecule has 1 aromatic heterocycles. The van der Waals surface area contributed by atoms with Gasteiger partial charge in [-0.05, 0) is 42.0 Å². The van der Waals surface area contributed by atoms with Gasteiger partial charge in [-0.1, -0.05) is 60.3 Å². The summed E-state index contributed by atoms with van der Waals surface area (Å²) < 4.78 is 13.2. The predicted molar refractivity (Wildman–Crippen MR) is 115 cm³/mol. The monoisotopic (exact) mass is 403 g/mol. The Bertz CT molecular complexity index is 1030. The van der Waals surface area contributed by atoms with Crippen LogP contribution in [-0.2, 0) is 12.4 Å². The summed E-state index contributed by atoms with van der Waals surface area (Å²) in [6.07, 6.45) is 0. The normalized spacial score (nSPS) is 10.7. The Morgan fingerprint density at radius 1 is 0.793 bits per heavy atom. The van der Waals surface area contributed by atoms with Crippen LogP contribution >= 0.6 is 11.8 Å². The van der Waals surface area contributed by atoms with Gasteiger partial charge in [0.15, 0.2) is 11.0 Å². The largest absolute Gasteiger partial charge is 0.497 e. The van der Waals surface area contributed by atoms with Gasteiger partial charge in [-0.3, -0.25) is 4.57 Å². The van der Waals surface area contributed by atoms with Crippen molar-refractivity contribution in [2.75, 3.05) is 7.11 Å². The van der Waals surface area contributed by atoms with Gasteiger partial charge in [0.2, 0.25) is 0 Å². The van der Waals surface area contributed by atoms with Crippen LogP contribution in [0, 0.1) is 0 Å². The van der Waals surface area contributed by atoms with Crippen LogP contribution in [-0.4, -0.2) is 21.9 Å². The summed E-state index contributed by atoms with van der Waals surface area (Å²) in [6, 6.07) is 28.0. The third kappa shape index (κ3) is 4.78. The molecule has 5 nitrogen and oxygen atoms in total. The number of para-hydroxylation sites is 1. The Morgan fingerprint density at radius 3 is 2.14 bits per heavy atom. The Labute approximate surface area is 174 Å². The van der Waals surface area contributed by atoms with Crippen LogP contribution in [0.2, 0.25) is 0 Å². The first kappa shape index (κ1) is 19.1. The highest BCUT2D eigenvalue weighted by Gasteiger charge is 2.15. The van der Waals surface area contributed by atoms with E-state index in [9.17, 15) is 0 Å². The lowest BCUT2D eigenvalue weighted by atomic mass is 10.2. The van der Waals surface area contributed by atoms with Crippen LogP contribution in [0.15, 0.2) is 90.1 Å². The topological polar surface area (TPSA) is 49.2 Å². The standard InChI is InChI=1S/C23H21N3O2S/c1-27-20-12-14-21(15-13-20)28-16-22-24-25-23(26(22)19-10-6-3-7-11-19)29-17-18-8-4-2-5-9-18/h2-15H,16-17H2,1H3. The van der Waals surface area contributed by atoms with Crippen molar-refractivity contribution in [2.45, 2.75) is 17.5 Å². The fourth-order valence-corrected chi connectivity index (χ4v) is 3.79. The van der Waals surface area contributed by atoms with E-state index in [2.05, 4.69) is 26.9 Å². The average Bonchev–Trinajstić information content (AvgIpc) is 3.20. The lowest BCUT2D eigenvalue weighted by molar-refractivity contribution is 0.292. The summed E-state index contributed by atoms with van der Waals surface area (Å²) in [5.41, 5.74) is 2.26.